The summed E-state index contributed by atoms with van der Waals surface area (Å²) in [5.74, 6) is 0.113. The zero-order valence-corrected chi connectivity index (χ0v) is 16.2. The van der Waals surface area contributed by atoms with Crippen LogP contribution in [0, 0.1) is 5.82 Å². The summed E-state index contributed by atoms with van der Waals surface area (Å²) in [6.45, 7) is 3.80. The molecule has 1 saturated heterocycles. The van der Waals surface area contributed by atoms with Crippen LogP contribution >= 0.6 is 0 Å². The predicted molar refractivity (Wildman–Crippen MR) is 107 cm³/mol. The number of nitrogens with zero attached hydrogens (tertiary/aromatic N) is 5. The molecule has 1 aliphatic rings. The second kappa shape index (κ2) is 8.02. The third kappa shape index (κ3) is 3.98. The molecule has 0 spiro atoms. The third-order valence-corrected chi connectivity index (χ3v) is 5.25. The molecule has 29 heavy (non-hydrogen) atoms. The van der Waals surface area contributed by atoms with Gasteiger partial charge in [-0.15, -0.1) is 0 Å². The van der Waals surface area contributed by atoms with Gasteiger partial charge in [-0.05, 0) is 38.3 Å². The van der Waals surface area contributed by atoms with Gasteiger partial charge in [0.2, 0.25) is 0 Å². The minimum atomic E-state index is -0.464. The van der Waals surface area contributed by atoms with Gasteiger partial charge in [0.25, 0.3) is 11.5 Å². The van der Waals surface area contributed by atoms with E-state index in [1.807, 2.05) is 12.3 Å². The smallest absolute Gasteiger partial charge is 0.256 e. The first-order chi connectivity index (χ1) is 14.0. The van der Waals surface area contributed by atoms with Crippen LogP contribution in [-0.2, 0) is 6.54 Å². The van der Waals surface area contributed by atoms with Gasteiger partial charge in [0.15, 0.2) is 5.65 Å². The summed E-state index contributed by atoms with van der Waals surface area (Å²) in [6.07, 6.45) is 7.25. The normalized spacial score (nSPS) is 16.5. The van der Waals surface area contributed by atoms with E-state index in [-0.39, 0.29) is 11.5 Å². The number of carbonyl (C=O) groups excluding carboxylic acids is 1. The van der Waals surface area contributed by atoms with E-state index in [1.54, 1.807) is 4.52 Å². The molecule has 8 nitrogen and oxygen atoms in total. The molecule has 3 aromatic heterocycles. The van der Waals surface area contributed by atoms with Crippen molar-refractivity contribution in [2.75, 3.05) is 18.0 Å². The Morgan fingerprint density at radius 2 is 2.21 bits per heavy atom. The fourth-order valence-electron chi connectivity index (χ4n) is 3.68. The largest absolute Gasteiger partial charge is 0.354 e. The molecule has 0 radical (unpaired) electrons. The Bertz CT molecular complexity index is 1090. The summed E-state index contributed by atoms with van der Waals surface area (Å²) in [6, 6.07) is 4.67. The Kier molecular flexibility index (Phi) is 5.28. The molecule has 0 bridgehead atoms. The van der Waals surface area contributed by atoms with Gasteiger partial charge in [-0.2, -0.15) is 5.10 Å². The van der Waals surface area contributed by atoms with E-state index in [2.05, 4.69) is 27.2 Å². The first-order valence-corrected chi connectivity index (χ1v) is 9.78. The summed E-state index contributed by atoms with van der Waals surface area (Å²) in [5, 5.41) is 7.04. The SMILES string of the molecule is CC1CCCN1c1ccn2ncc(C(=O)NCCCn3cc(F)ccc3=O)c2n1. The van der Waals surface area contributed by atoms with Crippen LogP contribution in [0.4, 0.5) is 10.2 Å². The lowest BCUT2D eigenvalue weighted by Crippen LogP contribution is -2.28. The van der Waals surface area contributed by atoms with Gasteiger partial charge in [0.1, 0.15) is 17.2 Å². The summed E-state index contributed by atoms with van der Waals surface area (Å²) >= 11 is 0. The third-order valence-electron chi connectivity index (χ3n) is 5.25. The van der Waals surface area contributed by atoms with Crippen molar-refractivity contribution >= 4 is 17.4 Å². The van der Waals surface area contributed by atoms with Gasteiger partial charge in [-0.1, -0.05) is 0 Å². The number of amides is 1. The minimum Gasteiger partial charge on any atom is -0.354 e. The fraction of sp³-hybridized carbons (Fsp3) is 0.400. The highest BCUT2D eigenvalue weighted by Gasteiger charge is 2.23. The van der Waals surface area contributed by atoms with Crippen LogP contribution in [-0.4, -0.2) is 44.2 Å². The van der Waals surface area contributed by atoms with Gasteiger partial charge in [0, 0.05) is 44.1 Å². The van der Waals surface area contributed by atoms with E-state index in [0.29, 0.717) is 36.8 Å². The molecule has 4 heterocycles. The highest BCUT2D eigenvalue weighted by Crippen LogP contribution is 2.24. The highest BCUT2D eigenvalue weighted by atomic mass is 19.1. The molecule has 0 aromatic carbocycles. The van der Waals surface area contributed by atoms with Crippen LogP contribution in [0.5, 0.6) is 0 Å². The van der Waals surface area contributed by atoms with Crippen LogP contribution in [0.25, 0.3) is 5.65 Å². The number of anilines is 1. The van der Waals surface area contributed by atoms with Crippen molar-refractivity contribution in [3.05, 3.63) is 58.5 Å². The monoisotopic (exact) mass is 398 g/mol. The molecule has 1 amide bonds. The number of aromatic nitrogens is 4. The molecule has 4 rings (SSSR count). The van der Waals surface area contributed by atoms with Crippen LogP contribution < -0.4 is 15.8 Å². The second-order valence-corrected chi connectivity index (χ2v) is 7.29. The van der Waals surface area contributed by atoms with E-state index < -0.39 is 5.82 Å². The number of hydrogen-bond donors (Lipinski definition) is 1. The molecule has 1 fully saturated rings. The van der Waals surface area contributed by atoms with Gasteiger partial charge in [-0.25, -0.2) is 13.9 Å². The summed E-state index contributed by atoms with van der Waals surface area (Å²) < 4.78 is 16.1. The first kappa shape index (κ1) is 19.1. The maximum atomic E-state index is 13.2. The van der Waals surface area contributed by atoms with Gasteiger partial charge >= 0.3 is 0 Å². The van der Waals surface area contributed by atoms with Crippen molar-refractivity contribution in [3.8, 4) is 0 Å². The highest BCUT2D eigenvalue weighted by molar-refractivity contribution is 5.99. The molecule has 152 valence electrons. The van der Waals surface area contributed by atoms with Crippen LogP contribution in [0.2, 0.25) is 0 Å². The Labute approximate surface area is 167 Å². The standard InChI is InChI=1S/C20H23FN6O2/c1-14-4-2-10-26(14)17-7-11-27-19(24-17)16(12-23-27)20(29)22-8-3-9-25-13-15(21)5-6-18(25)28/h5-7,11-14H,2-4,8-10H2,1H3,(H,22,29). The number of aryl methyl sites for hydroxylation is 1. The Morgan fingerprint density at radius 1 is 1.34 bits per heavy atom. The van der Waals surface area contributed by atoms with Gasteiger partial charge in [0.05, 0.1) is 6.20 Å². The molecule has 1 unspecified atom stereocenters. The molecule has 0 aliphatic carbocycles. The fourth-order valence-corrected chi connectivity index (χ4v) is 3.68. The predicted octanol–water partition coefficient (Wildman–Crippen LogP) is 1.84. The molecule has 9 heteroatoms. The number of hydrogen-bond acceptors (Lipinski definition) is 5. The maximum absolute atomic E-state index is 13.2. The molecule has 0 saturated carbocycles. The van der Waals surface area contributed by atoms with E-state index in [4.69, 9.17) is 0 Å². The average Bonchev–Trinajstić information content (AvgIpc) is 3.33. The van der Waals surface area contributed by atoms with Gasteiger partial charge < -0.3 is 14.8 Å². The topological polar surface area (TPSA) is 84.5 Å². The summed E-state index contributed by atoms with van der Waals surface area (Å²) in [7, 11) is 0. The lowest BCUT2D eigenvalue weighted by atomic mass is 10.2. The first-order valence-electron chi connectivity index (χ1n) is 9.78. The van der Waals surface area contributed by atoms with Crippen LogP contribution in [0.3, 0.4) is 0 Å². The number of carbonyl (C=O) groups is 1. The maximum Gasteiger partial charge on any atom is 0.256 e. The number of nitrogens with one attached hydrogen (secondary N) is 1. The Balaban J connectivity index is 1.41. The summed E-state index contributed by atoms with van der Waals surface area (Å²) in [5.41, 5.74) is 0.648. The molecular formula is C20H23FN6O2. The van der Waals surface area contributed by atoms with Crippen molar-refractivity contribution in [2.24, 2.45) is 0 Å². The molecule has 3 aromatic rings. The number of halogens is 1. The van der Waals surface area contributed by atoms with Crippen LogP contribution in [0.1, 0.15) is 36.5 Å². The van der Waals surface area contributed by atoms with Crippen molar-refractivity contribution in [3.63, 3.8) is 0 Å². The van der Waals surface area contributed by atoms with Crippen molar-refractivity contribution < 1.29 is 9.18 Å². The van der Waals surface area contributed by atoms with E-state index in [1.165, 1.54) is 23.0 Å². The van der Waals surface area contributed by atoms with E-state index in [0.717, 1.165) is 31.3 Å². The Hall–Kier alpha value is -3.23. The zero-order chi connectivity index (χ0) is 20.4. The van der Waals surface area contributed by atoms with Crippen molar-refractivity contribution in [1.29, 1.82) is 0 Å². The molecule has 1 aliphatic heterocycles. The molecule has 1 N–H and O–H groups in total. The Morgan fingerprint density at radius 3 is 3.00 bits per heavy atom. The molecule has 1 atom stereocenters. The van der Waals surface area contributed by atoms with Crippen LogP contribution in [0.15, 0.2) is 41.6 Å². The lowest BCUT2D eigenvalue weighted by Gasteiger charge is -2.22. The van der Waals surface area contributed by atoms with Crippen molar-refractivity contribution in [1.82, 2.24) is 24.5 Å². The average molecular weight is 398 g/mol. The van der Waals surface area contributed by atoms with E-state index >= 15 is 0 Å². The summed E-state index contributed by atoms with van der Waals surface area (Å²) in [4.78, 5) is 31.2. The number of pyridine rings is 1. The quantitative estimate of drug-likeness (QED) is 0.641. The second-order valence-electron chi connectivity index (χ2n) is 7.29. The minimum absolute atomic E-state index is 0.270. The lowest BCUT2D eigenvalue weighted by molar-refractivity contribution is 0.0954. The van der Waals surface area contributed by atoms with E-state index in [9.17, 15) is 14.0 Å². The zero-order valence-electron chi connectivity index (χ0n) is 16.2. The molecular weight excluding hydrogens is 375 g/mol. The number of fused-ring (bicyclic) bond motifs is 1. The van der Waals surface area contributed by atoms with Gasteiger partial charge in [-0.3, -0.25) is 9.59 Å². The van der Waals surface area contributed by atoms with Crippen molar-refractivity contribution in [2.45, 2.75) is 38.8 Å². The number of rotatable bonds is 6.